The quantitative estimate of drug-likeness (QED) is 0.244. The first-order chi connectivity index (χ1) is 18.0. The first kappa shape index (κ1) is 24.3. The second kappa shape index (κ2) is 10.3. The van der Waals surface area contributed by atoms with Crippen molar-refractivity contribution in [3.8, 4) is 5.75 Å². The topological polar surface area (TPSA) is 75.7 Å². The summed E-state index contributed by atoms with van der Waals surface area (Å²) in [5.74, 6) is -0.973. The summed E-state index contributed by atoms with van der Waals surface area (Å²) in [6, 6.07) is 25.5. The van der Waals surface area contributed by atoms with Gasteiger partial charge in [-0.05, 0) is 58.2 Å². The number of rotatable bonds is 6. The summed E-state index contributed by atoms with van der Waals surface area (Å²) < 4.78 is 5.98. The van der Waals surface area contributed by atoms with Crippen LogP contribution in [0.1, 0.15) is 23.6 Å². The average Bonchev–Trinajstić information content (AvgIpc) is 2.90. The maximum atomic E-state index is 13.3. The molecule has 0 bridgehead atoms. The van der Waals surface area contributed by atoms with Gasteiger partial charge in [-0.25, -0.2) is 9.69 Å². The molecule has 1 aliphatic heterocycles. The predicted molar refractivity (Wildman–Crippen MR) is 145 cm³/mol. The molecule has 0 aliphatic carbocycles. The van der Waals surface area contributed by atoms with Gasteiger partial charge in [0.05, 0.1) is 10.7 Å². The first-order valence-corrected chi connectivity index (χ1v) is 12.2. The molecular weight excluding hydrogens is 488 g/mol. The van der Waals surface area contributed by atoms with Crippen molar-refractivity contribution >= 4 is 52.0 Å². The molecule has 1 fully saturated rings. The number of aryl methyl sites for hydroxylation is 1. The highest BCUT2D eigenvalue weighted by molar-refractivity contribution is 6.39. The molecule has 1 heterocycles. The second-order valence-corrected chi connectivity index (χ2v) is 8.96. The molecule has 7 heteroatoms. The monoisotopic (exact) mass is 510 g/mol. The Balaban J connectivity index is 1.39. The molecule has 0 spiro atoms. The van der Waals surface area contributed by atoms with Crippen LogP contribution in [0.4, 0.5) is 10.5 Å². The smallest absolute Gasteiger partial charge is 0.335 e. The van der Waals surface area contributed by atoms with E-state index in [1.165, 1.54) is 6.08 Å². The van der Waals surface area contributed by atoms with Gasteiger partial charge in [0.1, 0.15) is 17.9 Å². The van der Waals surface area contributed by atoms with E-state index >= 15 is 0 Å². The number of carbonyl (C=O) groups is 3. The Bertz CT molecular complexity index is 1570. The van der Waals surface area contributed by atoms with Crippen molar-refractivity contribution in [1.29, 1.82) is 0 Å². The molecule has 4 aromatic carbocycles. The molecule has 184 valence electrons. The lowest BCUT2D eigenvalue weighted by atomic mass is 10.0. The second-order valence-electron chi connectivity index (χ2n) is 8.56. The molecule has 0 radical (unpaired) electrons. The zero-order valence-corrected chi connectivity index (χ0v) is 20.8. The van der Waals surface area contributed by atoms with Crippen LogP contribution in [0.25, 0.3) is 16.8 Å². The van der Waals surface area contributed by atoms with Crippen molar-refractivity contribution in [3.63, 3.8) is 0 Å². The Labute approximate surface area is 219 Å². The Hall–Kier alpha value is -4.42. The van der Waals surface area contributed by atoms with Crippen LogP contribution in [-0.4, -0.2) is 17.8 Å². The number of ether oxygens (including phenoxy) is 1. The minimum Gasteiger partial charge on any atom is -0.487 e. The first-order valence-electron chi connectivity index (χ1n) is 11.8. The van der Waals surface area contributed by atoms with Crippen molar-refractivity contribution in [2.24, 2.45) is 0 Å². The normalized spacial score (nSPS) is 14.8. The van der Waals surface area contributed by atoms with E-state index in [0.717, 1.165) is 26.8 Å². The van der Waals surface area contributed by atoms with E-state index in [4.69, 9.17) is 16.3 Å². The molecule has 1 aliphatic rings. The van der Waals surface area contributed by atoms with Crippen LogP contribution in [0.15, 0.2) is 90.5 Å². The molecule has 0 saturated carbocycles. The lowest BCUT2D eigenvalue weighted by Crippen LogP contribution is -2.54. The van der Waals surface area contributed by atoms with Crippen LogP contribution < -0.4 is 15.0 Å². The van der Waals surface area contributed by atoms with Crippen LogP contribution in [0.3, 0.4) is 0 Å². The van der Waals surface area contributed by atoms with Gasteiger partial charge in [-0.15, -0.1) is 0 Å². The Morgan fingerprint density at radius 1 is 0.892 bits per heavy atom. The summed E-state index contributed by atoms with van der Waals surface area (Å²) in [4.78, 5) is 39.4. The van der Waals surface area contributed by atoms with E-state index in [1.54, 1.807) is 30.3 Å². The summed E-state index contributed by atoms with van der Waals surface area (Å²) in [6.45, 7) is 2.26. The van der Waals surface area contributed by atoms with Crippen molar-refractivity contribution in [3.05, 3.63) is 112 Å². The van der Waals surface area contributed by atoms with Gasteiger partial charge in [0.15, 0.2) is 0 Å². The Morgan fingerprint density at radius 3 is 2.43 bits per heavy atom. The summed E-state index contributed by atoms with van der Waals surface area (Å²) in [5.41, 5.74) is 2.66. The summed E-state index contributed by atoms with van der Waals surface area (Å²) in [5, 5.41) is 4.83. The largest absolute Gasteiger partial charge is 0.487 e. The van der Waals surface area contributed by atoms with Gasteiger partial charge in [-0.2, -0.15) is 0 Å². The number of hydrogen-bond acceptors (Lipinski definition) is 4. The lowest BCUT2D eigenvalue weighted by molar-refractivity contribution is -0.122. The molecular formula is C30H23ClN2O4. The molecule has 0 atom stereocenters. The standard InChI is InChI=1S/C30H23ClN2O4/c1-2-20-8-4-6-13-26(20)33-29(35)24(28(34)32-30(33)36)16-19-14-15-27(25(31)17-19)37-18-22-11-7-10-21-9-3-5-12-23(21)22/h3-17H,2,18H2,1H3,(H,32,34,36)/b24-16-. The number of urea groups is 1. The minimum atomic E-state index is -0.775. The van der Waals surface area contributed by atoms with Crippen molar-refractivity contribution in [2.75, 3.05) is 4.90 Å². The molecule has 0 aromatic heterocycles. The average molecular weight is 511 g/mol. The Morgan fingerprint density at radius 2 is 1.62 bits per heavy atom. The molecule has 6 nitrogen and oxygen atoms in total. The van der Waals surface area contributed by atoms with Gasteiger partial charge < -0.3 is 4.74 Å². The van der Waals surface area contributed by atoms with Gasteiger partial charge in [-0.1, -0.05) is 85.3 Å². The highest BCUT2D eigenvalue weighted by Crippen LogP contribution is 2.30. The molecule has 37 heavy (non-hydrogen) atoms. The number of carbonyl (C=O) groups excluding carboxylic acids is 3. The third kappa shape index (κ3) is 4.84. The number of halogens is 1. The molecule has 4 aromatic rings. The third-order valence-electron chi connectivity index (χ3n) is 6.25. The number of nitrogens with zero attached hydrogens (tertiary/aromatic N) is 1. The van der Waals surface area contributed by atoms with Gasteiger partial charge in [0.2, 0.25) is 0 Å². The highest BCUT2D eigenvalue weighted by Gasteiger charge is 2.37. The van der Waals surface area contributed by atoms with E-state index < -0.39 is 17.8 Å². The van der Waals surface area contributed by atoms with Crippen LogP contribution in [0, 0.1) is 0 Å². The molecule has 4 amide bonds. The molecule has 1 saturated heterocycles. The molecule has 1 N–H and O–H groups in total. The van der Waals surface area contributed by atoms with Gasteiger partial charge in [0.25, 0.3) is 11.8 Å². The van der Waals surface area contributed by atoms with Gasteiger partial charge >= 0.3 is 6.03 Å². The maximum Gasteiger partial charge on any atom is 0.335 e. The molecule has 0 unspecified atom stereocenters. The number of nitrogens with one attached hydrogen (secondary N) is 1. The number of anilines is 1. The van der Waals surface area contributed by atoms with E-state index in [-0.39, 0.29) is 5.57 Å². The number of hydrogen-bond donors (Lipinski definition) is 1. The summed E-state index contributed by atoms with van der Waals surface area (Å²) in [6.07, 6.45) is 2.04. The predicted octanol–water partition coefficient (Wildman–Crippen LogP) is 6.30. The summed E-state index contributed by atoms with van der Waals surface area (Å²) >= 11 is 6.49. The lowest BCUT2D eigenvalue weighted by Gasteiger charge is -2.28. The van der Waals surface area contributed by atoms with Gasteiger partial charge in [-0.3, -0.25) is 14.9 Å². The number of fused-ring (bicyclic) bond motifs is 1. The van der Waals surface area contributed by atoms with E-state index in [9.17, 15) is 14.4 Å². The van der Waals surface area contributed by atoms with E-state index in [2.05, 4.69) is 5.32 Å². The number of imide groups is 2. The van der Waals surface area contributed by atoms with Crippen molar-refractivity contribution < 1.29 is 19.1 Å². The third-order valence-corrected chi connectivity index (χ3v) is 6.54. The number of benzene rings is 4. The SMILES string of the molecule is CCc1ccccc1N1C(=O)NC(=O)/C(=C/c2ccc(OCc3cccc4ccccc34)c(Cl)c2)C1=O. The Kier molecular flexibility index (Phi) is 6.75. The van der Waals surface area contributed by atoms with E-state index in [1.807, 2.05) is 61.5 Å². The fourth-order valence-corrected chi connectivity index (χ4v) is 4.61. The van der Waals surface area contributed by atoms with Crippen molar-refractivity contribution in [2.45, 2.75) is 20.0 Å². The zero-order chi connectivity index (χ0) is 25.9. The van der Waals surface area contributed by atoms with Crippen LogP contribution >= 0.6 is 11.6 Å². The van der Waals surface area contributed by atoms with Crippen LogP contribution in [0.2, 0.25) is 5.02 Å². The number of para-hydroxylation sites is 1. The minimum absolute atomic E-state index is 0.161. The molecule has 5 rings (SSSR count). The summed E-state index contributed by atoms with van der Waals surface area (Å²) in [7, 11) is 0. The zero-order valence-electron chi connectivity index (χ0n) is 20.0. The van der Waals surface area contributed by atoms with Gasteiger partial charge in [0, 0.05) is 0 Å². The van der Waals surface area contributed by atoms with E-state index in [0.29, 0.717) is 35.1 Å². The highest BCUT2D eigenvalue weighted by atomic mass is 35.5. The maximum absolute atomic E-state index is 13.3. The fraction of sp³-hybridized carbons (Fsp3) is 0.100. The van der Waals surface area contributed by atoms with Crippen LogP contribution in [-0.2, 0) is 22.6 Å². The van der Waals surface area contributed by atoms with Crippen molar-refractivity contribution in [1.82, 2.24) is 5.32 Å². The number of amides is 4. The number of barbiturate groups is 1. The van der Waals surface area contributed by atoms with Crippen LogP contribution in [0.5, 0.6) is 5.75 Å². The fourth-order valence-electron chi connectivity index (χ4n) is 4.37.